The first-order valence-corrected chi connectivity index (χ1v) is 10.7. The van der Waals surface area contributed by atoms with E-state index < -0.39 is 16.0 Å². The molecule has 3 rings (SSSR count). The van der Waals surface area contributed by atoms with Crippen molar-refractivity contribution in [1.29, 1.82) is 0 Å². The highest BCUT2D eigenvalue weighted by atomic mass is 32.2. The lowest BCUT2D eigenvalue weighted by atomic mass is 10.1. The lowest BCUT2D eigenvalue weighted by Gasteiger charge is -2.24. The summed E-state index contributed by atoms with van der Waals surface area (Å²) in [5, 5.41) is 3.16. The van der Waals surface area contributed by atoms with Crippen molar-refractivity contribution in [2.24, 2.45) is 0 Å². The van der Waals surface area contributed by atoms with Gasteiger partial charge in [-0.05, 0) is 31.2 Å². The molecule has 0 atom stereocenters. The molecule has 1 aliphatic rings. The number of sulfonamides is 1. The van der Waals surface area contributed by atoms with Gasteiger partial charge in [0.2, 0.25) is 10.0 Å². The van der Waals surface area contributed by atoms with Gasteiger partial charge in [0.1, 0.15) is 0 Å². The summed E-state index contributed by atoms with van der Waals surface area (Å²) < 4.78 is 30.2. The molecule has 0 saturated heterocycles. The number of amides is 1. The number of methoxy groups -OCH3 is 1. The SMILES string of the molecule is CCS(=O)(=O)N1CCc2nc(NC(=O)c3ccc(C(=O)OC)cc3)sc2C1. The molecule has 1 amide bonds. The standard InChI is InChI=1S/C17H19N3O5S2/c1-3-27(23,24)20-9-8-13-14(10-20)26-17(18-13)19-15(21)11-4-6-12(7-5-11)16(22)25-2/h4-7H,3,8-10H2,1-2H3,(H,18,19,21). The van der Waals surface area contributed by atoms with Crippen LogP contribution in [0.4, 0.5) is 5.13 Å². The van der Waals surface area contributed by atoms with E-state index in [0.29, 0.717) is 29.2 Å². The maximum absolute atomic E-state index is 12.4. The highest BCUT2D eigenvalue weighted by molar-refractivity contribution is 7.89. The van der Waals surface area contributed by atoms with E-state index in [-0.39, 0.29) is 18.2 Å². The van der Waals surface area contributed by atoms with Crippen LogP contribution in [0.2, 0.25) is 0 Å². The van der Waals surface area contributed by atoms with Crippen molar-refractivity contribution >= 4 is 38.4 Å². The number of ether oxygens (including phenoxy) is 1. The number of thiazole rings is 1. The second-order valence-corrected chi connectivity index (χ2v) is 9.24. The van der Waals surface area contributed by atoms with Crippen LogP contribution in [-0.4, -0.2) is 49.0 Å². The molecular weight excluding hydrogens is 390 g/mol. The Morgan fingerprint density at radius 1 is 1.26 bits per heavy atom. The highest BCUT2D eigenvalue weighted by Gasteiger charge is 2.28. The van der Waals surface area contributed by atoms with Gasteiger partial charge in [-0.2, -0.15) is 4.31 Å². The van der Waals surface area contributed by atoms with Crippen molar-refractivity contribution in [3.05, 3.63) is 46.0 Å². The first-order chi connectivity index (χ1) is 12.8. The first-order valence-electron chi connectivity index (χ1n) is 8.30. The second-order valence-electron chi connectivity index (χ2n) is 5.90. The van der Waals surface area contributed by atoms with Crippen molar-refractivity contribution < 1.29 is 22.7 Å². The minimum absolute atomic E-state index is 0.0618. The number of carbonyl (C=O) groups excluding carboxylic acids is 2. The Morgan fingerprint density at radius 3 is 2.56 bits per heavy atom. The van der Waals surface area contributed by atoms with E-state index in [0.717, 1.165) is 10.6 Å². The van der Waals surface area contributed by atoms with Crippen LogP contribution in [0.25, 0.3) is 0 Å². The molecule has 0 radical (unpaired) electrons. The van der Waals surface area contributed by atoms with Crippen molar-refractivity contribution in [1.82, 2.24) is 9.29 Å². The zero-order valence-electron chi connectivity index (χ0n) is 14.9. The van der Waals surface area contributed by atoms with Gasteiger partial charge < -0.3 is 4.74 Å². The number of hydrogen-bond acceptors (Lipinski definition) is 7. The number of esters is 1. The number of carbonyl (C=O) groups is 2. The van der Waals surface area contributed by atoms with Crippen LogP contribution in [0.5, 0.6) is 0 Å². The Morgan fingerprint density at radius 2 is 1.93 bits per heavy atom. The van der Waals surface area contributed by atoms with E-state index in [1.165, 1.54) is 47.0 Å². The Kier molecular flexibility index (Phi) is 5.59. The third-order valence-electron chi connectivity index (χ3n) is 4.24. The predicted molar refractivity (Wildman–Crippen MR) is 101 cm³/mol. The summed E-state index contributed by atoms with van der Waals surface area (Å²) in [4.78, 5) is 29.1. The van der Waals surface area contributed by atoms with Crippen LogP contribution in [0, 0.1) is 0 Å². The van der Waals surface area contributed by atoms with E-state index in [1.54, 1.807) is 6.92 Å². The number of benzene rings is 1. The average Bonchev–Trinajstić information content (AvgIpc) is 3.08. The molecule has 2 aromatic rings. The molecular formula is C17H19N3O5S2. The monoisotopic (exact) mass is 409 g/mol. The van der Waals surface area contributed by atoms with E-state index in [2.05, 4.69) is 15.0 Å². The molecule has 2 heterocycles. The number of rotatable bonds is 5. The fourth-order valence-corrected chi connectivity index (χ4v) is 4.85. The molecule has 1 aromatic heterocycles. The molecule has 0 saturated carbocycles. The lowest BCUT2D eigenvalue weighted by Crippen LogP contribution is -2.36. The summed E-state index contributed by atoms with van der Waals surface area (Å²) in [6.45, 7) is 2.30. The molecule has 8 nitrogen and oxygen atoms in total. The van der Waals surface area contributed by atoms with Crippen molar-refractivity contribution in [2.75, 3.05) is 24.7 Å². The van der Waals surface area contributed by atoms with Crippen LogP contribution in [0.3, 0.4) is 0 Å². The predicted octanol–water partition coefficient (Wildman–Crippen LogP) is 1.89. The first kappa shape index (κ1) is 19.5. The summed E-state index contributed by atoms with van der Waals surface area (Å²) in [6.07, 6.45) is 0.523. The third kappa shape index (κ3) is 4.18. The van der Waals surface area contributed by atoms with Gasteiger partial charge in [0.05, 0.1) is 24.1 Å². The minimum Gasteiger partial charge on any atom is -0.465 e. The molecule has 0 aliphatic carbocycles. The maximum atomic E-state index is 12.4. The molecule has 1 aromatic carbocycles. The Balaban J connectivity index is 1.71. The lowest BCUT2D eigenvalue weighted by molar-refractivity contribution is 0.0600. The average molecular weight is 409 g/mol. The zero-order chi connectivity index (χ0) is 19.6. The third-order valence-corrected chi connectivity index (χ3v) is 7.07. The fraction of sp³-hybridized carbons (Fsp3) is 0.353. The summed E-state index contributed by atoms with van der Waals surface area (Å²) in [6, 6.07) is 6.09. The van der Waals surface area contributed by atoms with E-state index >= 15 is 0 Å². The summed E-state index contributed by atoms with van der Waals surface area (Å²) in [7, 11) is -1.96. The fourth-order valence-electron chi connectivity index (χ4n) is 2.69. The molecule has 27 heavy (non-hydrogen) atoms. The van der Waals surface area contributed by atoms with Gasteiger partial charge in [0, 0.05) is 30.0 Å². The van der Waals surface area contributed by atoms with Crippen LogP contribution in [0.1, 0.15) is 38.2 Å². The normalized spacial score (nSPS) is 14.4. The number of nitrogens with one attached hydrogen (secondary N) is 1. The van der Waals surface area contributed by atoms with Gasteiger partial charge in [-0.25, -0.2) is 18.2 Å². The molecule has 144 valence electrons. The molecule has 0 unspecified atom stereocenters. The summed E-state index contributed by atoms with van der Waals surface area (Å²) in [5.74, 6) is -0.761. The molecule has 0 bridgehead atoms. The van der Waals surface area contributed by atoms with E-state index in [4.69, 9.17) is 0 Å². The van der Waals surface area contributed by atoms with Crippen LogP contribution < -0.4 is 5.32 Å². The highest BCUT2D eigenvalue weighted by Crippen LogP contribution is 2.29. The van der Waals surface area contributed by atoms with Crippen LogP contribution >= 0.6 is 11.3 Å². The second kappa shape index (κ2) is 7.75. The Bertz CT molecular complexity index is 967. The topological polar surface area (TPSA) is 106 Å². The van der Waals surface area contributed by atoms with Gasteiger partial charge in [-0.1, -0.05) is 0 Å². The largest absolute Gasteiger partial charge is 0.465 e. The Labute approximate surface area is 161 Å². The van der Waals surface area contributed by atoms with Crippen LogP contribution in [0.15, 0.2) is 24.3 Å². The number of anilines is 1. The van der Waals surface area contributed by atoms with Crippen molar-refractivity contribution in [3.63, 3.8) is 0 Å². The van der Waals surface area contributed by atoms with Gasteiger partial charge in [-0.15, -0.1) is 11.3 Å². The summed E-state index contributed by atoms with van der Waals surface area (Å²) >= 11 is 1.28. The summed E-state index contributed by atoms with van der Waals surface area (Å²) in [5.41, 5.74) is 1.56. The molecule has 10 heteroatoms. The Hall–Kier alpha value is -2.30. The molecule has 0 spiro atoms. The molecule has 0 fully saturated rings. The number of hydrogen-bond donors (Lipinski definition) is 1. The van der Waals surface area contributed by atoms with Gasteiger partial charge in [0.25, 0.3) is 5.91 Å². The smallest absolute Gasteiger partial charge is 0.337 e. The minimum atomic E-state index is -3.25. The van der Waals surface area contributed by atoms with Gasteiger partial charge in [0.15, 0.2) is 5.13 Å². The quantitative estimate of drug-likeness (QED) is 0.756. The van der Waals surface area contributed by atoms with E-state index in [9.17, 15) is 18.0 Å². The van der Waals surface area contributed by atoms with Gasteiger partial charge >= 0.3 is 5.97 Å². The number of nitrogens with zero attached hydrogens (tertiary/aromatic N) is 2. The molecule has 1 aliphatic heterocycles. The number of fused-ring (bicyclic) bond motifs is 1. The zero-order valence-corrected chi connectivity index (χ0v) is 16.5. The van der Waals surface area contributed by atoms with Crippen molar-refractivity contribution in [2.45, 2.75) is 19.9 Å². The number of aromatic nitrogens is 1. The maximum Gasteiger partial charge on any atom is 0.337 e. The molecule has 1 N–H and O–H groups in total. The van der Waals surface area contributed by atoms with Crippen molar-refractivity contribution in [3.8, 4) is 0 Å². The van der Waals surface area contributed by atoms with E-state index in [1.807, 2.05) is 0 Å². The van der Waals surface area contributed by atoms with Gasteiger partial charge in [-0.3, -0.25) is 10.1 Å². The van der Waals surface area contributed by atoms with Crippen LogP contribution in [-0.2, 0) is 27.7 Å².